The highest BCUT2D eigenvalue weighted by atomic mass is 35.5. The lowest BCUT2D eigenvalue weighted by Gasteiger charge is -2.15. The number of aliphatic hydroxyl groups excluding tert-OH is 1. The molecule has 1 fully saturated rings. The molecule has 1 aliphatic heterocycles. The average Bonchev–Trinajstić information content (AvgIpc) is 2.60. The van der Waals surface area contributed by atoms with Crippen LogP contribution in [0.5, 0.6) is 0 Å². The second-order valence-electron chi connectivity index (χ2n) is 3.28. The van der Waals surface area contributed by atoms with Crippen molar-refractivity contribution in [1.82, 2.24) is 5.32 Å². The van der Waals surface area contributed by atoms with Crippen LogP contribution >= 0.6 is 11.6 Å². The molecule has 1 aromatic carbocycles. The Morgan fingerprint density at radius 1 is 1.47 bits per heavy atom. The maximum Gasteiger partial charge on any atom is 0.408 e. The van der Waals surface area contributed by atoms with Crippen molar-refractivity contribution in [3.63, 3.8) is 0 Å². The molecule has 2 unspecified atom stereocenters. The third-order valence-electron chi connectivity index (χ3n) is 2.31. The van der Waals surface area contributed by atoms with E-state index in [4.69, 9.17) is 21.4 Å². The number of nitrogens with one attached hydrogen (secondary N) is 1. The molecule has 0 spiro atoms. The van der Waals surface area contributed by atoms with Crippen molar-refractivity contribution in [2.75, 3.05) is 6.61 Å². The summed E-state index contributed by atoms with van der Waals surface area (Å²) < 4.78 is 5.04. The van der Waals surface area contributed by atoms with Crippen LogP contribution in [-0.2, 0) is 4.74 Å². The monoisotopic (exact) mass is 227 g/mol. The molecule has 5 heteroatoms. The Balaban J connectivity index is 2.30. The van der Waals surface area contributed by atoms with Gasteiger partial charge in [-0.3, -0.25) is 0 Å². The summed E-state index contributed by atoms with van der Waals surface area (Å²) >= 11 is 5.97. The van der Waals surface area contributed by atoms with E-state index in [2.05, 4.69) is 5.32 Å². The zero-order chi connectivity index (χ0) is 10.8. The molecule has 2 rings (SSSR count). The molecule has 0 bridgehead atoms. The summed E-state index contributed by atoms with van der Waals surface area (Å²) in [6.07, 6.45) is -1.05. The first-order valence-electron chi connectivity index (χ1n) is 4.55. The number of hydrogen-bond acceptors (Lipinski definition) is 3. The molecular weight excluding hydrogens is 218 g/mol. The minimum Gasteiger partial charge on any atom is -0.439 e. The molecule has 2 N–H and O–H groups in total. The van der Waals surface area contributed by atoms with Gasteiger partial charge < -0.3 is 15.2 Å². The number of cyclic esters (lactones) is 1. The quantitative estimate of drug-likeness (QED) is 0.805. The molecule has 4 nitrogen and oxygen atoms in total. The van der Waals surface area contributed by atoms with Crippen LogP contribution in [0.2, 0.25) is 5.02 Å². The molecule has 0 saturated carbocycles. The second-order valence-corrected chi connectivity index (χ2v) is 3.69. The van der Waals surface area contributed by atoms with Crippen molar-refractivity contribution in [3.05, 3.63) is 34.9 Å². The number of halogens is 1. The molecular formula is C10H10ClNO3. The van der Waals surface area contributed by atoms with Crippen molar-refractivity contribution < 1.29 is 14.6 Å². The maximum atomic E-state index is 11.0. The van der Waals surface area contributed by atoms with Gasteiger partial charge in [-0.05, 0) is 6.07 Å². The summed E-state index contributed by atoms with van der Waals surface area (Å²) in [5.74, 6) is 0. The number of ether oxygens (including phenoxy) is 1. The molecule has 1 saturated heterocycles. The lowest BCUT2D eigenvalue weighted by atomic mass is 10.0. The smallest absolute Gasteiger partial charge is 0.408 e. The highest BCUT2D eigenvalue weighted by molar-refractivity contribution is 6.31. The summed E-state index contributed by atoms with van der Waals surface area (Å²) in [4.78, 5) is 11.0. The number of aliphatic hydroxyl groups is 1. The summed E-state index contributed by atoms with van der Waals surface area (Å²) in [6, 6.07) is 6.66. The number of rotatable bonds is 2. The Kier molecular flexibility index (Phi) is 2.79. The summed E-state index contributed by atoms with van der Waals surface area (Å²) in [5, 5.41) is 12.1. The van der Waals surface area contributed by atoms with Gasteiger partial charge in [0.15, 0.2) is 6.10 Å². The van der Waals surface area contributed by atoms with E-state index in [9.17, 15) is 4.79 Å². The van der Waals surface area contributed by atoms with E-state index in [-0.39, 0.29) is 6.61 Å². The molecule has 0 aliphatic carbocycles. The van der Waals surface area contributed by atoms with Crippen LogP contribution in [-0.4, -0.2) is 23.8 Å². The van der Waals surface area contributed by atoms with E-state index < -0.39 is 18.2 Å². The molecule has 1 heterocycles. The number of carbonyl (C=O) groups excluding carboxylic acids is 1. The van der Waals surface area contributed by atoms with E-state index in [1.54, 1.807) is 18.2 Å². The van der Waals surface area contributed by atoms with Gasteiger partial charge in [-0.15, -0.1) is 0 Å². The number of alkyl carbamates (subject to hydrolysis) is 1. The third kappa shape index (κ3) is 1.91. The Labute approximate surface area is 91.8 Å². The Morgan fingerprint density at radius 2 is 2.20 bits per heavy atom. The van der Waals surface area contributed by atoms with Crippen LogP contribution in [0.4, 0.5) is 4.79 Å². The first-order valence-corrected chi connectivity index (χ1v) is 4.92. The van der Waals surface area contributed by atoms with E-state index in [0.29, 0.717) is 10.6 Å². The van der Waals surface area contributed by atoms with Crippen molar-refractivity contribution in [2.45, 2.75) is 12.1 Å². The fourth-order valence-corrected chi connectivity index (χ4v) is 1.83. The molecule has 2 atom stereocenters. The third-order valence-corrected chi connectivity index (χ3v) is 2.66. The summed E-state index contributed by atoms with van der Waals surface area (Å²) in [5.41, 5.74) is 0.705. The molecule has 1 aromatic rings. The fourth-order valence-electron chi connectivity index (χ4n) is 1.59. The number of benzene rings is 1. The molecule has 80 valence electrons. The standard InChI is InChI=1S/C10H10ClNO3/c11-7-4-2-1-3-6(7)9-8(5-13)12-10(14)15-9/h1-4,8-9,13H,5H2,(H,12,14). The fraction of sp³-hybridized carbons (Fsp3) is 0.300. The van der Waals surface area contributed by atoms with Crippen LogP contribution in [0.15, 0.2) is 24.3 Å². The summed E-state index contributed by atoms with van der Waals surface area (Å²) in [7, 11) is 0. The SMILES string of the molecule is O=C1NC(CO)C(c2ccccc2Cl)O1. The zero-order valence-corrected chi connectivity index (χ0v) is 8.57. The summed E-state index contributed by atoms with van der Waals surface area (Å²) in [6.45, 7) is -0.179. The van der Waals surface area contributed by atoms with Crippen molar-refractivity contribution >= 4 is 17.7 Å². The van der Waals surface area contributed by atoms with Crippen LogP contribution < -0.4 is 5.32 Å². The van der Waals surface area contributed by atoms with Gasteiger partial charge in [0.1, 0.15) is 0 Å². The minimum atomic E-state index is -0.529. The van der Waals surface area contributed by atoms with Crippen molar-refractivity contribution in [1.29, 1.82) is 0 Å². The van der Waals surface area contributed by atoms with Crippen LogP contribution in [0.25, 0.3) is 0 Å². The Hall–Kier alpha value is -1.26. The van der Waals surface area contributed by atoms with E-state index in [1.807, 2.05) is 6.07 Å². The number of carbonyl (C=O) groups is 1. The maximum absolute atomic E-state index is 11.0. The van der Waals surface area contributed by atoms with Gasteiger partial charge in [-0.25, -0.2) is 4.79 Å². The van der Waals surface area contributed by atoms with Crippen LogP contribution in [0.1, 0.15) is 11.7 Å². The minimum absolute atomic E-state index is 0.179. The van der Waals surface area contributed by atoms with Gasteiger partial charge in [0.05, 0.1) is 12.6 Å². The second kappa shape index (κ2) is 4.08. The molecule has 1 amide bonds. The largest absolute Gasteiger partial charge is 0.439 e. The van der Waals surface area contributed by atoms with Crippen molar-refractivity contribution in [2.24, 2.45) is 0 Å². The number of hydrogen-bond donors (Lipinski definition) is 2. The van der Waals surface area contributed by atoms with Gasteiger partial charge in [-0.1, -0.05) is 29.8 Å². The van der Waals surface area contributed by atoms with Crippen LogP contribution in [0.3, 0.4) is 0 Å². The molecule has 0 radical (unpaired) electrons. The van der Waals surface area contributed by atoms with Gasteiger partial charge >= 0.3 is 6.09 Å². The normalized spacial score (nSPS) is 24.8. The van der Waals surface area contributed by atoms with Gasteiger partial charge in [0, 0.05) is 10.6 Å². The van der Waals surface area contributed by atoms with Gasteiger partial charge in [0.2, 0.25) is 0 Å². The van der Waals surface area contributed by atoms with Gasteiger partial charge in [0.25, 0.3) is 0 Å². The van der Waals surface area contributed by atoms with E-state index >= 15 is 0 Å². The predicted octanol–water partition coefficient (Wildman–Crippen LogP) is 1.48. The Bertz CT molecular complexity index is 383. The lowest BCUT2D eigenvalue weighted by Crippen LogP contribution is -2.31. The zero-order valence-electron chi connectivity index (χ0n) is 7.81. The lowest BCUT2D eigenvalue weighted by molar-refractivity contribution is 0.119. The van der Waals surface area contributed by atoms with Gasteiger partial charge in [-0.2, -0.15) is 0 Å². The van der Waals surface area contributed by atoms with E-state index in [1.165, 1.54) is 0 Å². The predicted molar refractivity (Wildman–Crippen MR) is 54.7 cm³/mol. The number of amides is 1. The highest BCUT2D eigenvalue weighted by Gasteiger charge is 2.35. The first kappa shape index (κ1) is 10.3. The molecule has 1 aliphatic rings. The van der Waals surface area contributed by atoms with Crippen LogP contribution in [0, 0.1) is 0 Å². The highest BCUT2D eigenvalue weighted by Crippen LogP contribution is 2.31. The molecule has 0 aromatic heterocycles. The van der Waals surface area contributed by atoms with Crippen molar-refractivity contribution in [3.8, 4) is 0 Å². The topological polar surface area (TPSA) is 58.6 Å². The molecule has 15 heavy (non-hydrogen) atoms. The average molecular weight is 228 g/mol. The Morgan fingerprint density at radius 3 is 2.87 bits per heavy atom. The first-order chi connectivity index (χ1) is 7.22. The van der Waals surface area contributed by atoms with E-state index in [0.717, 1.165) is 0 Å².